The van der Waals surface area contributed by atoms with E-state index < -0.39 is 23.5 Å². The van der Waals surface area contributed by atoms with Gasteiger partial charge in [0.15, 0.2) is 0 Å². The van der Waals surface area contributed by atoms with Crippen molar-refractivity contribution in [1.82, 2.24) is 4.98 Å². The molecule has 0 bridgehead atoms. The zero-order chi connectivity index (χ0) is 27.0. The number of hydrogen-bond donors (Lipinski definition) is 1. The van der Waals surface area contributed by atoms with Gasteiger partial charge in [0, 0.05) is 34.7 Å². The molecule has 1 aromatic heterocycles. The lowest BCUT2D eigenvalue weighted by Crippen LogP contribution is -2.17. The van der Waals surface area contributed by atoms with Gasteiger partial charge >= 0.3 is 12.4 Å². The highest BCUT2D eigenvalue weighted by Crippen LogP contribution is 2.42. The number of alkyl halides is 6. The molecule has 0 fully saturated rings. The van der Waals surface area contributed by atoms with Gasteiger partial charge < -0.3 is 5.32 Å². The summed E-state index contributed by atoms with van der Waals surface area (Å²) >= 11 is 6.02. The quantitative estimate of drug-likeness (QED) is 0.258. The molecule has 0 atom stereocenters. The fourth-order valence-electron chi connectivity index (χ4n) is 4.07. The van der Waals surface area contributed by atoms with Gasteiger partial charge in [-0.05, 0) is 84.1 Å². The van der Waals surface area contributed by atoms with Crippen LogP contribution in [0.1, 0.15) is 27.9 Å². The second-order valence-electron chi connectivity index (χ2n) is 8.62. The number of halogens is 7. The lowest BCUT2D eigenvalue weighted by molar-refractivity contribution is -0.143. The Morgan fingerprint density at radius 2 is 1.43 bits per heavy atom. The molecule has 4 aromatic rings. The fourth-order valence-corrected chi connectivity index (χ4v) is 4.30. The van der Waals surface area contributed by atoms with E-state index in [1.54, 1.807) is 37.3 Å². The number of aromatic nitrogens is 1. The molecule has 0 radical (unpaired) electrons. The van der Waals surface area contributed by atoms with Crippen molar-refractivity contribution in [3.63, 3.8) is 0 Å². The van der Waals surface area contributed by atoms with Crippen LogP contribution in [0.3, 0.4) is 0 Å². The topological polar surface area (TPSA) is 24.9 Å². The molecule has 4 rings (SSSR count). The van der Waals surface area contributed by atoms with Gasteiger partial charge in [0.1, 0.15) is 0 Å². The van der Waals surface area contributed by atoms with Crippen LogP contribution in [-0.2, 0) is 18.9 Å². The van der Waals surface area contributed by atoms with Crippen molar-refractivity contribution in [2.75, 3.05) is 5.32 Å². The Morgan fingerprint density at radius 1 is 0.757 bits per heavy atom. The van der Waals surface area contributed by atoms with Crippen molar-refractivity contribution < 1.29 is 26.3 Å². The number of rotatable bonds is 5. The number of hydrogen-bond acceptors (Lipinski definition) is 2. The van der Waals surface area contributed by atoms with E-state index in [0.717, 1.165) is 22.8 Å². The Labute approximate surface area is 214 Å². The van der Waals surface area contributed by atoms with Gasteiger partial charge in [-0.25, -0.2) is 0 Å². The lowest BCUT2D eigenvalue weighted by Gasteiger charge is -2.21. The summed E-state index contributed by atoms with van der Waals surface area (Å²) in [6.07, 6.45) is -8.67. The summed E-state index contributed by atoms with van der Waals surface area (Å²) in [5.41, 5.74) is 0.847. The highest BCUT2D eigenvalue weighted by atomic mass is 35.5. The van der Waals surface area contributed by atoms with E-state index in [1.807, 2.05) is 19.1 Å². The maximum absolute atomic E-state index is 14.0. The van der Waals surface area contributed by atoms with Crippen LogP contribution in [0, 0.1) is 13.8 Å². The molecule has 3 aromatic carbocycles. The minimum Gasteiger partial charge on any atom is -0.381 e. The Kier molecular flexibility index (Phi) is 7.24. The molecule has 0 aliphatic heterocycles. The molecule has 0 saturated carbocycles. The molecule has 9 heteroatoms. The van der Waals surface area contributed by atoms with Gasteiger partial charge in [-0.1, -0.05) is 35.9 Å². The minimum atomic E-state index is -5.00. The Bertz CT molecular complexity index is 1410. The molecular formula is C28H21ClF6N2. The van der Waals surface area contributed by atoms with E-state index in [1.165, 1.54) is 18.3 Å². The van der Waals surface area contributed by atoms with Gasteiger partial charge in [-0.15, -0.1) is 0 Å². The molecule has 2 nitrogen and oxygen atoms in total. The molecule has 0 amide bonds. The largest absolute Gasteiger partial charge is 0.416 e. The number of aryl methyl sites for hydroxylation is 2. The lowest BCUT2D eigenvalue weighted by atomic mass is 9.92. The average Bonchev–Trinajstić information content (AvgIpc) is 2.82. The molecule has 0 aliphatic rings. The highest BCUT2D eigenvalue weighted by molar-refractivity contribution is 6.30. The number of benzene rings is 3. The highest BCUT2D eigenvalue weighted by Gasteiger charge is 2.39. The number of anilines is 1. The summed E-state index contributed by atoms with van der Waals surface area (Å²) in [6, 6.07) is 16.4. The van der Waals surface area contributed by atoms with Crippen molar-refractivity contribution in [2.24, 2.45) is 0 Å². The zero-order valence-electron chi connectivity index (χ0n) is 19.7. The summed E-state index contributed by atoms with van der Waals surface area (Å²) in [4.78, 5) is 4.06. The summed E-state index contributed by atoms with van der Waals surface area (Å²) in [6.45, 7) is 3.24. The summed E-state index contributed by atoms with van der Waals surface area (Å²) < 4.78 is 82.5. The van der Waals surface area contributed by atoms with Gasteiger partial charge in [0.2, 0.25) is 0 Å². The summed E-state index contributed by atoms with van der Waals surface area (Å²) in [5.74, 6) is 0. The second kappa shape index (κ2) is 10.1. The van der Waals surface area contributed by atoms with E-state index in [-0.39, 0.29) is 29.3 Å². The van der Waals surface area contributed by atoms with E-state index in [4.69, 9.17) is 11.6 Å². The van der Waals surface area contributed by atoms with Crippen molar-refractivity contribution in [2.45, 2.75) is 32.7 Å². The van der Waals surface area contributed by atoms with Crippen LogP contribution < -0.4 is 5.32 Å². The van der Waals surface area contributed by atoms with Gasteiger partial charge in [-0.3, -0.25) is 4.98 Å². The predicted octanol–water partition coefficient (Wildman–Crippen LogP) is 9.34. The normalized spacial score (nSPS) is 12.0. The predicted molar refractivity (Wildman–Crippen MR) is 133 cm³/mol. The van der Waals surface area contributed by atoms with Crippen LogP contribution in [0.5, 0.6) is 0 Å². The van der Waals surface area contributed by atoms with E-state index in [9.17, 15) is 26.3 Å². The molecule has 192 valence electrons. The van der Waals surface area contributed by atoms with Crippen LogP contribution in [0.25, 0.3) is 22.3 Å². The first-order chi connectivity index (χ1) is 17.3. The third-order valence-electron chi connectivity index (χ3n) is 5.96. The van der Waals surface area contributed by atoms with Crippen LogP contribution in [0.2, 0.25) is 5.02 Å². The Hall–Kier alpha value is -3.52. The SMILES string of the molecule is Cc1ccc(-c2cc(C(F)(F)F)cc(C(F)(F)F)c2CNc2ccc(-c3ccc(Cl)cc3C)cc2)cn1. The zero-order valence-corrected chi connectivity index (χ0v) is 20.5. The maximum atomic E-state index is 14.0. The monoisotopic (exact) mass is 534 g/mol. The maximum Gasteiger partial charge on any atom is 0.416 e. The van der Waals surface area contributed by atoms with Gasteiger partial charge in [-0.2, -0.15) is 26.3 Å². The molecule has 1 N–H and O–H groups in total. The molecular weight excluding hydrogens is 514 g/mol. The molecule has 0 aliphatic carbocycles. The Morgan fingerprint density at radius 3 is 2.00 bits per heavy atom. The summed E-state index contributed by atoms with van der Waals surface area (Å²) in [7, 11) is 0. The van der Waals surface area contributed by atoms with E-state index in [0.29, 0.717) is 16.4 Å². The van der Waals surface area contributed by atoms with E-state index in [2.05, 4.69) is 10.3 Å². The van der Waals surface area contributed by atoms with Crippen LogP contribution in [0.15, 0.2) is 72.9 Å². The molecule has 0 saturated heterocycles. The van der Waals surface area contributed by atoms with Crippen molar-refractivity contribution in [1.29, 1.82) is 0 Å². The number of nitrogens with one attached hydrogen (secondary N) is 1. The average molecular weight is 535 g/mol. The fraction of sp³-hybridized carbons (Fsp3) is 0.179. The van der Waals surface area contributed by atoms with Crippen molar-refractivity contribution >= 4 is 17.3 Å². The van der Waals surface area contributed by atoms with Crippen LogP contribution in [0.4, 0.5) is 32.0 Å². The minimum absolute atomic E-state index is 0.160. The van der Waals surface area contributed by atoms with Crippen LogP contribution >= 0.6 is 11.6 Å². The number of nitrogens with zero attached hydrogens (tertiary/aromatic N) is 1. The first-order valence-corrected chi connectivity index (χ1v) is 11.6. The van der Waals surface area contributed by atoms with Crippen LogP contribution in [-0.4, -0.2) is 4.98 Å². The van der Waals surface area contributed by atoms with Gasteiger partial charge in [0.25, 0.3) is 0 Å². The smallest absolute Gasteiger partial charge is 0.381 e. The molecule has 0 spiro atoms. The summed E-state index contributed by atoms with van der Waals surface area (Å²) in [5, 5.41) is 3.54. The first-order valence-electron chi connectivity index (χ1n) is 11.2. The van der Waals surface area contributed by atoms with Gasteiger partial charge in [0.05, 0.1) is 11.1 Å². The van der Waals surface area contributed by atoms with Crippen molar-refractivity contribution in [3.05, 3.63) is 106 Å². The molecule has 1 heterocycles. The van der Waals surface area contributed by atoms with E-state index >= 15 is 0 Å². The third-order valence-corrected chi connectivity index (χ3v) is 6.19. The first kappa shape index (κ1) is 26.5. The molecule has 37 heavy (non-hydrogen) atoms. The standard InChI is InChI=1S/C28H21ClF6N2/c1-16-11-21(29)7-10-23(16)18-5-8-22(9-6-18)37-15-25-24(19-4-3-17(2)36-14-19)12-20(27(30,31)32)13-26(25)28(33,34)35/h3-14,37H,15H2,1-2H3. The Balaban J connectivity index is 1.73. The molecule has 0 unspecified atom stereocenters. The third kappa shape index (κ3) is 6.07. The second-order valence-corrected chi connectivity index (χ2v) is 9.06. The number of pyridine rings is 1. The van der Waals surface area contributed by atoms with Crippen molar-refractivity contribution in [3.8, 4) is 22.3 Å².